The van der Waals surface area contributed by atoms with Crippen LogP contribution in [0.25, 0.3) is 0 Å². The van der Waals surface area contributed by atoms with Crippen molar-refractivity contribution in [3.63, 3.8) is 0 Å². The Bertz CT molecular complexity index is 881. The van der Waals surface area contributed by atoms with Gasteiger partial charge in [-0.2, -0.15) is 0 Å². The van der Waals surface area contributed by atoms with Crippen LogP contribution in [0.5, 0.6) is 0 Å². The van der Waals surface area contributed by atoms with Crippen molar-refractivity contribution in [2.24, 2.45) is 0 Å². The van der Waals surface area contributed by atoms with E-state index >= 15 is 0 Å². The van der Waals surface area contributed by atoms with E-state index in [-0.39, 0.29) is 24.3 Å². The van der Waals surface area contributed by atoms with Crippen molar-refractivity contribution in [3.05, 3.63) is 69.7 Å². The van der Waals surface area contributed by atoms with Gasteiger partial charge in [0.25, 0.3) is 0 Å². The van der Waals surface area contributed by atoms with Crippen molar-refractivity contribution in [1.29, 1.82) is 0 Å². The van der Waals surface area contributed by atoms with Crippen LogP contribution in [-0.2, 0) is 22.6 Å². The van der Waals surface area contributed by atoms with Gasteiger partial charge < -0.3 is 10.2 Å². The van der Waals surface area contributed by atoms with Crippen molar-refractivity contribution >= 4 is 23.4 Å². The molecule has 0 bridgehead atoms. The zero-order chi connectivity index (χ0) is 22.3. The lowest BCUT2D eigenvalue weighted by Crippen LogP contribution is -2.51. The normalized spacial score (nSPS) is 12.9. The number of hydrogen-bond donors (Lipinski definition) is 1. The first-order valence-electron chi connectivity index (χ1n) is 10.7. The number of rotatable bonds is 9. The molecule has 2 amide bonds. The highest BCUT2D eigenvalue weighted by atomic mass is 35.5. The minimum atomic E-state index is -0.548. The highest BCUT2D eigenvalue weighted by Gasteiger charge is 2.29. The average molecular weight is 429 g/mol. The van der Waals surface area contributed by atoms with E-state index in [9.17, 15) is 9.59 Å². The Morgan fingerprint density at radius 3 is 2.37 bits per heavy atom. The van der Waals surface area contributed by atoms with Crippen LogP contribution in [0.2, 0.25) is 5.02 Å². The molecule has 0 unspecified atom stereocenters. The lowest BCUT2D eigenvalue weighted by molar-refractivity contribution is -0.141. The van der Waals surface area contributed by atoms with Crippen molar-refractivity contribution in [1.82, 2.24) is 10.2 Å². The summed E-state index contributed by atoms with van der Waals surface area (Å²) in [6.07, 6.45) is 1.62. The summed E-state index contributed by atoms with van der Waals surface area (Å²) >= 11 is 6.37. The fourth-order valence-corrected chi connectivity index (χ4v) is 3.62. The molecule has 0 aliphatic carbocycles. The summed E-state index contributed by atoms with van der Waals surface area (Å²) in [5.41, 5.74) is 4.01. The van der Waals surface area contributed by atoms with E-state index < -0.39 is 6.04 Å². The van der Waals surface area contributed by atoms with E-state index in [0.29, 0.717) is 18.0 Å². The standard InChI is InChI=1S/C25H33ClN2O2/c1-6-19(5)27-25(30)23(7-2)28(16-20-10-8-9-11-22(20)26)24(29)15-21-14-17(3)12-13-18(21)4/h8-14,19,23H,6-7,15-16H2,1-5H3,(H,27,30)/t19-,23+/m1/s1. The van der Waals surface area contributed by atoms with Crippen molar-refractivity contribution < 1.29 is 9.59 Å². The van der Waals surface area contributed by atoms with Crippen molar-refractivity contribution in [3.8, 4) is 0 Å². The summed E-state index contributed by atoms with van der Waals surface area (Å²) in [4.78, 5) is 28.1. The number of nitrogens with zero attached hydrogens (tertiary/aromatic N) is 1. The van der Waals surface area contributed by atoms with Gasteiger partial charge in [-0.15, -0.1) is 0 Å². The SMILES string of the molecule is CC[C@@H](C)NC(=O)[C@H](CC)N(Cc1ccccc1Cl)C(=O)Cc1cc(C)ccc1C. The Morgan fingerprint density at radius 1 is 1.03 bits per heavy atom. The molecule has 162 valence electrons. The molecule has 0 aliphatic heterocycles. The summed E-state index contributed by atoms with van der Waals surface area (Å²) in [5.74, 6) is -0.192. The highest BCUT2D eigenvalue weighted by Crippen LogP contribution is 2.21. The third-order valence-electron chi connectivity index (χ3n) is 5.53. The molecule has 1 N–H and O–H groups in total. The first-order chi connectivity index (χ1) is 14.3. The Kier molecular flexibility index (Phi) is 8.91. The number of aryl methyl sites for hydroxylation is 2. The van der Waals surface area contributed by atoms with E-state index in [0.717, 1.165) is 28.7 Å². The summed E-state index contributed by atoms with van der Waals surface area (Å²) < 4.78 is 0. The topological polar surface area (TPSA) is 49.4 Å². The van der Waals surface area contributed by atoms with E-state index in [2.05, 4.69) is 5.32 Å². The Hall–Kier alpha value is -2.33. The van der Waals surface area contributed by atoms with Crippen LogP contribution < -0.4 is 5.32 Å². The molecule has 0 heterocycles. The van der Waals surface area contributed by atoms with E-state index in [1.165, 1.54) is 0 Å². The molecule has 0 radical (unpaired) electrons. The van der Waals surface area contributed by atoms with Crippen LogP contribution in [0, 0.1) is 13.8 Å². The van der Waals surface area contributed by atoms with Crippen LogP contribution in [0.1, 0.15) is 55.9 Å². The molecule has 4 nitrogen and oxygen atoms in total. The van der Waals surface area contributed by atoms with Gasteiger partial charge in [-0.25, -0.2) is 0 Å². The number of hydrogen-bond acceptors (Lipinski definition) is 2. The average Bonchev–Trinajstić information content (AvgIpc) is 2.71. The van der Waals surface area contributed by atoms with Crippen LogP contribution in [0.4, 0.5) is 0 Å². The number of benzene rings is 2. The minimum absolute atomic E-state index is 0.0582. The van der Waals surface area contributed by atoms with Crippen LogP contribution >= 0.6 is 11.6 Å². The van der Waals surface area contributed by atoms with E-state index in [1.807, 2.05) is 77.1 Å². The molecule has 2 atom stereocenters. The van der Waals surface area contributed by atoms with Crippen LogP contribution in [0.15, 0.2) is 42.5 Å². The molecule has 5 heteroatoms. The zero-order valence-corrected chi connectivity index (χ0v) is 19.4. The molecule has 0 spiro atoms. The van der Waals surface area contributed by atoms with E-state index in [1.54, 1.807) is 4.90 Å². The number of halogens is 1. The molecule has 0 fully saturated rings. The maximum Gasteiger partial charge on any atom is 0.243 e. The summed E-state index contributed by atoms with van der Waals surface area (Å²) in [6.45, 7) is 10.3. The van der Waals surface area contributed by atoms with Crippen LogP contribution in [-0.4, -0.2) is 28.8 Å². The molecule has 0 saturated heterocycles. The van der Waals surface area contributed by atoms with Crippen molar-refractivity contribution in [2.75, 3.05) is 0 Å². The Labute approximate surface area is 185 Å². The second kappa shape index (κ2) is 11.2. The minimum Gasteiger partial charge on any atom is -0.352 e. The van der Waals surface area contributed by atoms with Gasteiger partial charge in [0.05, 0.1) is 6.42 Å². The van der Waals surface area contributed by atoms with Gasteiger partial charge in [0, 0.05) is 17.6 Å². The Morgan fingerprint density at radius 2 is 1.73 bits per heavy atom. The molecular formula is C25H33ClN2O2. The molecule has 30 heavy (non-hydrogen) atoms. The highest BCUT2D eigenvalue weighted by molar-refractivity contribution is 6.31. The van der Waals surface area contributed by atoms with Gasteiger partial charge in [0.1, 0.15) is 6.04 Å². The smallest absolute Gasteiger partial charge is 0.243 e. The number of carbonyl (C=O) groups is 2. The predicted octanol–water partition coefficient (Wildman–Crippen LogP) is 5.22. The Balaban J connectivity index is 2.35. The largest absolute Gasteiger partial charge is 0.352 e. The van der Waals surface area contributed by atoms with Crippen LogP contribution in [0.3, 0.4) is 0 Å². The molecule has 2 aromatic carbocycles. The summed E-state index contributed by atoms with van der Waals surface area (Å²) in [5, 5.41) is 3.63. The first-order valence-corrected chi connectivity index (χ1v) is 11.0. The fraction of sp³-hybridized carbons (Fsp3) is 0.440. The van der Waals surface area contributed by atoms with Gasteiger partial charge in [-0.05, 0) is 56.4 Å². The number of amides is 2. The third-order valence-corrected chi connectivity index (χ3v) is 5.90. The van der Waals surface area contributed by atoms with Gasteiger partial charge in [0.2, 0.25) is 11.8 Å². The fourth-order valence-electron chi connectivity index (χ4n) is 3.43. The summed E-state index contributed by atoms with van der Waals surface area (Å²) in [7, 11) is 0. The first kappa shape index (κ1) is 23.9. The molecule has 0 aliphatic rings. The van der Waals surface area contributed by atoms with Crippen molar-refractivity contribution in [2.45, 2.75) is 72.5 Å². The number of nitrogens with one attached hydrogen (secondary N) is 1. The van der Waals surface area contributed by atoms with Gasteiger partial charge >= 0.3 is 0 Å². The zero-order valence-electron chi connectivity index (χ0n) is 18.7. The van der Waals surface area contributed by atoms with Gasteiger partial charge in [-0.1, -0.05) is 67.4 Å². The van der Waals surface area contributed by atoms with Gasteiger partial charge in [-0.3, -0.25) is 9.59 Å². The number of carbonyl (C=O) groups excluding carboxylic acids is 2. The second-order valence-corrected chi connectivity index (χ2v) is 8.37. The monoisotopic (exact) mass is 428 g/mol. The van der Waals surface area contributed by atoms with E-state index in [4.69, 9.17) is 11.6 Å². The molecule has 0 saturated carbocycles. The molecule has 2 rings (SSSR count). The lowest BCUT2D eigenvalue weighted by atomic mass is 10.0. The molecule has 0 aromatic heterocycles. The quantitative estimate of drug-likeness (QED) is 0.595. The third kappa shape index (κ3) is 6.33. The maximum atomic E-state index is 13.5. The maximum absolute atomic E-state index is 13.5. The van der Waals surface area contributed by atoms with Gasteiger partial charge in [0.15, 0.2) is 0 Å². The molecule has 2 aromatic rings. The predicted molar refractivity (Wildman–Crippen MR) is 124 cm³/mol. The summed E-state index contributed by atoms with van der Waals surface area (Å²) in [6, 6.07) is 13.1. The second-order valence-electron chi connectivity index (χ2n) is 7.96. The lowest BCUT2D eigenvalue weighted by Gasteiger charge is -2.32. The molecular weight excluding hydrogens is 396 g/mol.